The van der Waals surface area contributed by atoms with Crippen LogP contribution in [0.3, 0.4) is 0 Å². The summed E-state index contributed by atoms with van der Waals surface area (Å²) in [4.78, 5) is 32.3. The van der Waals surface area contributed by atoms with E-state index in [4.69, 9.17) is 0 Å². The van der Waals surface area contributed by atoms with Crippen LogP contribution in [0.15, 0.2) is 28.4 Å². The van der Waals surface area contributed by atoms with E-state index in [1.54, 1.807) is 6.07 Å². The first-order chi connectivity index (χ1) is 8.47. The van der Waals surface area contributed by atoms with Gasteiger partial charge in [-0.3, -0.25) is 20.2 Å². The molecule has 1 aromatic carbocycles. The second kappa shape index (κ2) is 4.57. The summed E-state index contributed by atoms with van der Waals surface area (Å²) >= 11 is 3.05. The summed E-state index contributed by atoms with van der Waals surface area (Å²) in [5.74, 6) is -0.564. The van der Waals surface area contributed by atoms with E-state index in [9.17, 15) is 19.7 Å². The maximum Gasteiger partial charge on any atom is 0.326 e. The number of amides is 3. The summed E-state index contributed by atoms with van der Waals surface area (Å²) < 4.78 is 0.342. The molecule has 8 heteroatoms. The number of carbonyl (C=O) groups excluding carboxylic acids is 2. The molecular formula is C10H6BrN3O4. The molecule has 1 saturated heterocycles. The number of rotatable bonds is 2. The van der Waals surface area contributed by atoms with Gasteiger partial charge in [-0.15, -0.1) is 0 Å². The highest BCUT2D eigenvalue weighted by Gasteiger charge is 2.23. The lowest BCUT2D eigenvalue weighted by Gasteiger charge is -1.98. The van der Waals surface area contributed by atoms with Gasteiger partial charge in [-0.1, -0.05) is 6.07 Å². The van der Waals surface area contributed by atoms with Crippen LogP contribution in [0.5, 0.6) is 0 Å². The third-order valence-corrected chi connectivity index (χ3v) is 2.87. The van der Waals surface area contributed by atoms with Crippen molar-refractivity contribution in [2.75, 3.05) is 0 Å². The summed E-state index contributed by atoms with van der Waals surface area (Å²) in [5.41, 5.74) is 0.378. The molecule has 7 nitrogen and oxygen atoms in total. The molecule has 3 amide bonds. The van der Waals surface area contributed by atoms with Crippen molar-refractivity contribution in [1.29, 1.82) is 0 Å². The van der Waals surface area contributed by atoms with Gasteiger partial charge in [-0.2, -0.15) is 0 Å². The summed E-state index contributed by atoms with van der Waals surface area (Å²) in [6.45, 7) is 0. The van der Waals surface area contributed by atoms with Gasteiger partial charge >= 0.3 is 6.03 Å². The molecule has 0 unspecified atom stereocenters. The molecule has 0 aromatic heterocycles. The predicted molar refractivity (Wildman–Crippen MR) is 65.4 cm³/mol. The Morgan fingerprint density at radius 3 is 2.56 bits per heavy atom. The Morgan fingerprint density at radius 1 is 1.28 bits per heavy atom. The number of halogens is 1. The van der Waals surface area contributed by atoms with Crippen LogP contribution in [0.4, 0.5) is 10.5 Å². The van der Waals surface area contributed by atoms with Gasteiger partial charge in [0.1, 0.15) is 5.70 Å². The van der Waals surface area contributed by atoms with E-state index in [0.717, 1.165) is 0 Å². The monoisotopic (exact) mass is 311 g/mol. The lowest BCUT2D eigenvalue weighted by molar-refractivity contribution is -0.385. The molecule has 2 N–H and O–H groups in total. The summed E-state index contributed by atoms with van der Waals surface area (Å²) in [7, 11) is 0. The van der Waals surface area contributed by atoms with Crippen molar-refractivity contribution in [3.8, 4) is 0 Å². The maximum absolute atomic E-state index is 11.3. The van der Waals surface area contributed by atoms with Crippen molar-refractivity contribution in [1.82, 2.24) is 10.6 Å². The molecule has 92 valence electrons. The van der Waals surface area contributed by atoms with Crippen molar-refractivity contribution in [2.24, 2.45) is 0 Å². The van der Waals surface area contributed by atoms with Gasteiger partial charge in [0.05, 0.1) is 9.40 Å². The number of nitrogens with one attached hydrogen (secondary N) is 2. The standard InChI is InChI=1S/C10H6BrN3O4/c11-6-2-1-5(4-8(6)14(17)18)3-7-9(15)13-10(16)12-7/h1-4H,(H2,12,13,15,16)/b7-3-. The predicted octanol–water partition coefficient (Wildman–Crippen LogP) is 1.54. The zero-order valence-electron chi connectivity index (χ0n) is 8.77. The van der Waals surface area contributed by atoms with Gasteiger partial charge in [0.25, 0.3) is 11.6 Å². The van der Waals surface area contributed by atoms with E-state index >= 15 is 0 Å². The third kappa shape index (κ3) is 2.38. The van der Waals surface area contributed by atoms with E-state index in [-0.39, 0.29) is 11.4 Å². The van der Waals surface area contributed by atoms with Crippen LogP contribution < -0.4 is 10.6 Å². The number of carbonyl (C=O) groups is 2. The Hall–Kier alpha value is -2.22. The number of benzene rings is 1. The number of imide groups is 1. The molecule has 1 aliphatic heterocycles. The largest absolute Gasteiger partial charge is 0.326 e. The first-order valence-corrected chi connectivity index (χ1v) is 5.54. The van der Waals surface area contributed by atoms with Crippen molar-refractivity contribution in [3.63, 3.8) is 0 Å². The molecule has 0 radical (unpaired) electrons. The van der Waals surface area contributed by atoms with Gasteiger partial charge in [-0.05, 0) is 33.6 Å². The van der Waals surface area contributed by atoms with Crippen LogP contribution in [-0.4, -0.2) is 16.9 Å². The van der Waals surface area contributed by atoms with Crippen molar-refractivity contribution in [3.05, 3.63) is 44.0 Å². The number of nitro benzene ring substituents is 1. The van der Waals surface area contributed by atoms with E-state index in [1.165, 1.54) is 18.2 Å². The van der Waals surface area contributed by atoms with Crippen LogP contribution in [0.2, 0.25) is 0 Å². The first-order valence-electron chi connectivity index (χ1n) is 4.75. The topological polar surface area (TPSA) is 101 Å². The Bertz CT molecular complexity index is 597. The molecule has 0 saturated carbocycles. The van der Waals surface area contributed by atoms with E-state index in [0.29, 0.717) is 10.0 Å². The van der Waals surface area contributed by atoms with Crippen LogP contribution >= 0.6 is 15.9 Å². The van der Waals surface area contributed by atoms with Gasteiger partial charge in [-0.25, -0.2) is 4.79 Å². The lowest BCUT2D eigenvalue weighted by atomic mass is 10.1. The lowest BCUT2D eigenvalue weighted by Crippen LogP contribution is -2.22. The fraction of sp³-hybridized carbons (Fsp3) is 0. The number of hydrogen-bond donors (Lipinski definition) is 2. The summed E-state index contributed by atoms with van der Waals surface area (Å²) in [6.07, 6.45) is 1.36. The van der Waals surface area contributed by atoms with E-state index in [2.05, 4.69) is 21.2 Å². The Balaban J connectivity index is 2.38. The number of nitrogens with zero attached hydrogens (tertiary/aromatic N) is 1. The number of nitro groups is 1. The fourth-order valence-electron chi connectivity index (χ4n) is 1.41. The highest BCUT2D eigenvalue weighted by molar-refractivity contribution is 9.10. The normalized spacial score (nSPS) is 16.6. The molecular weight excluding hydrogens is 306 g/mol. The SMILES string of the molecule is O=C1NC(=O)/C(=C/c2ccc(Br)c([N+](=O)[O-])c2)N1. The Labute approximate surface area is 109 Å². The van der Waals surface area contributed by atoms with Crippen molar-refractivity contribution in [2.45, 2.75) is 0 Å². The number of urea groups is 1. The number of hydrogen-bond acceptors (Lipinski definition) is 4. The smallest absolute Gasteiger partial charge is 0.303 e. The first kappa shape index (κ1) is 12.2. The summed E-state index contributed by atoms with van der Waals surface area (Å²) in [5, 5.41) is 15.1. The van der Waals surface area contributed by atoms with E-state index in [1.807, 2.05) is 5.32 Å². The summed E-state index contributed by atoms with van der Waals surface area (Å²) in [6, 6.07) is 3.77. The highest BCUT2D eigenvalue weighted by Crippen LogP contribution is 2.26. The molecule has 1 aliphatic rings. The quantitative estimate of drug-likeness (QED) is 0.374. The second-order valence-corrected chi connectivity index (χ2v) is 4.29. The Kier molecular flexibility index (Phi) is 3.11. The maximum atomic E-state index is 11.3. The third-order valence-electron chi connectivity index (χ3n) is 2.20. The zero-order valence-corrected chi connectivity index (χ0v) is 10.4. The molecule has 1 fully saturated rings. The van der Waals surface area contributed by atoms with Crippen molar-refractivity contribution < 1.29 is 14.5 Å². The van der Waals surface area contributed by atoms with Gasteiger partial charge in [0.15, 0.2) is 0 Å². The Morgan fingerprint density at radius 2 is 2.00 bits per heavy atom. The highest BCUT2D eigenvalue weighted by atomic mass is 79.9. The molecule has 0 atom stereocenters. The van der Waals surface area contributed by atoms with E-state index < -0.39 is 16.9 Å². The average Bonchev–Trinajstić information content (AvgIpc) is 2.60. The average molecular weight is 312 g/mol. The van der Waals surface area contributed by atoms with Gasteiger partial charge in [0.2, 0.25) is 0 Å². The van der Waals surface area contributed by atoms with Crippen LogP contribution in [0, 0.1) is 10.1 Å². The minimum Gasteiger partial charge on any atom is -0.303 e. The molecule has 18 heavy (non-hydrogen) atoms. The molecule has 0 aliphatic carbocycles. The molecule has 0 spiro atoms. The van der Waals surface area contributed by atoms with Gasteiger partial charge in [0, 0.05) is 6.07 Å². The zero-order chi connectivity index (χ0) is 13.3. The molecule has 1 aromatic rings. The minimum atomic E-state index is -0.613. The van der Waals surface area contributed by atoms with Crippen LogP contribution in [0.25, 0.3) is 6.08 Å². The van der Waals surface area contributed by atoms with Crippen molar-refractivity contribution >= 4 is 39.6 Å². The molecule has 1 heterocycles. The van der Waals surface area contributed by atoms with Gasteiger partial charge < -0.3 is 5.32 Å². The molecule has 2 rings (SSSR count). The fourth-order valence-corrected chi connectivity index (χ4v) is 1.80. The minimum absolute atomic E-state index is 0.0524. The van der Waals surface area contributed by atoms with Crippen LogP contribution in [0.1, 0.15) is 5.56 Å². The molecule has 0 bridgehead atoms. The van der Waals surface area contributed by atoms with Crippen LogP contribution in [-0.2, 0) is 4.79 Å². The second-order valence-electron chi connectivity index (χ2n) is 3.43.